The zero-order valence-corrected chi connectivity index (χ0v) is 21.9. The van der Waals surface area contributed by atoms with Crippen molar-refractivity contribution in [3.8, 4) is 22.3 Å². The molecule has 5 rings (SSSR count). The molecule has 2 N–H and O–H groups in total. The monoisotopic (exact) mass is 552 g/mol. The molecule has 4 aromatic rings. The van der Waals surface area contributed by atoms with Gasteiger partial charge in [-0.15, -0.1) is 10.2 Å². The van der Waals surface area contributed by atoms with E-state index in [2.05, 4.69) is 54.5 Å². The number of aromatic nitrogens is 6. The van der Waals surface area contributed by atoms with Crippen LogP contribution in [-0.2, 0) is 6.42 Å². The molecule has 1 saturated carbocycles. The average Bonchev–Trinajstić information content (AvgIpc) is 3.55. The summed E-state index contributed by atoms with van der Waals surface area (Å²) in [6.07, 6.45) is 5.60. The van der Waals surface area contributed by atoms with E-state index in [1.165, 1.54) is 11.3 Å². The number of fused-ring (bicyclic) bond motifs is 1. The third kappa shape index (κ3) is 4.78. The number of rotatable bonds is 7. The van der Waals surface area contributed by atoms with Gasteiger partial charge in [-0.2, -0.15) is 15.3 Å². The molecule has 1 fully saturated rings. The molecule has 1 aliphatic carbocycles. The van der Waals surface area contributed by atoms with Crippen molar-refractivity contribution in [3.63, 3.8) is 0 Å². The maximum atomic E-state index is 9.69. The molecule has 3 aromatic heterocycles. The highest BCUT2D eigenvalue weighted by Crippen LogP contribution is 2.38. The van der Waals surface area contributed by atoms with Crippen molar-refractivity contribution in [2.75, 3.05) is 11.9 Å². The fourth-order valence-corrected chi connectivity index (χ4v) is 5.80. The first-order valence-electron chi connectivity index (χ1n) is 11.5. The van der Waals surface area contributed by atoms with Crippen LogP contribution in [0.2, 0.25) is 0 Å². The molecule has 180 valence electrons. The highest BCUT2D eigenvalue weighted by atomic mass is 79.9. The number of halogens is 1. The van der Waals surface area contributed by atoms with Gasteiger partial charge in [0.25, 0.3) is 0 Å². The Labute approximate surface area is 215 Å². The van der Waals surface area contributed by atoms with Crippen LogP contribution in [0.5, 0.6) is 0 Å². The van der Waals surface area contributed by atoms with Crippen LogP contribution >= 0.6 is 27.3 Å². The molecule has 0 amide bonds. The summed E-state index contributed by atoms with van der Waals surface area (Å²) < 4.78 is 2.46. The van der Waals surface area contributed by atoms with Crippen LogP contribution < -0.4 is 5.32 Å². The number of nitrogens with one attached hydrogen (secondary N) is 1. The predicted molar refractivity (Wildman–Crippen MR) is 138 cm³/mol. The lowest BCUT2D eigenvalue weighted by atomic mass is 9.90. The number of aliphatic hydroxyl groups is 1. The number of hydrogen-bond donors (Lipinski definition) is 2. The molecular formula is C24H25BrN8OS. The number of aryl methyl sites for hydroxylation is 2. The molecule has 2 atom stereocenters. The Bertz CT molecular complexity index is 1430. The zero-order chi connectivity index (χ0) is 24.6. The van der Waals surface area contributed by atoms with Gasteiger partial charge < -0.3 is 10.4 Å². The maximum absolute atomic E-state index is 9.69. The fraction of sp³-hybridized carbons (Fsp3) is 0.417. The van der Waals surface area contributed by atoms with Gasteiger partial charge in [-0.25, -0.2) is 9.67 Å². The highest BCUT2D eigenvalue weighted by Gasteiger charge is 2.34. The van der Waals surface area contributed by atoms with Crippen molar-refractivity contribution in [3.05, 3.63) is 39.6 Å². The van der Waals surface area contributed by atoms with E-state index in [1.54, 1.807) is 10.9 Å². The smallest absolute Gasteiger partial charge is 0.224 e. The second kappa shape index (κ2) is 9.60. The van der Waals surface area contributed by atoms with Crippen molar-refractivity contribution < 1.29 is 5.11 Å². The minimum atomic E-state index is -0.0559. The van der Waals surface area contributed by atoms with Crippen LogP contribution in [0.25, 0.3) is 27.3 Å². The average molecular weight is 553 g/mol. The quantitative estimate of drug-likeness (QED) is 0.334. The van der Waals surface area contributed by atoms with E-state index in [0.29, 0.717) is 29.0 Å². The van der Waals surface area contributed by atoms with Gasteiger partial charge in [0.15, 0.2) is 5.65 Å². The molecule has 35 heavy (non-hydrogen) atoms. The summed E-state index contributed by atoms with van der Waals surface area (Å²) in [4.78, 5) is 9.31. The molecule has 0 spiro atoms. The molecule has 0 aliphatic heterocycles. The number of benzene rings is 1. The van der Waals surface area contributed by atoms with Crippen molar-refractivity contribution in [2.24, 2.45) is 5.41 Å². The Morgan fingerprint density at radius 2 is 2.23 bits per heavy atom. The van der Waals surface area contributed by atoms with Crippen LogP contribution in [0.15, 0.2) is 29.0 Å². The Morgan fingerprint density at radius 1 is 1.37 bits per heavy atom. The van der Waals surface area contributed by atoms with Crippen LogP contribution in [-0.4, -0.2) is 47.7 Å². The second-order valence-corrected chi connectivity index (χ2v) is 11.2. The largest absolute Gasteiger partial charge is 0.396 e. The molecule has 0 radical (unpaired) electrons. The van der Waals surface area contributed by atoms with Gasteiger partial charge in [0.1, 0.15) is 14.6 Å². The minimum absolute atomic E-state index is 0.0559. The lowest BCUT2D eigenvalue weighted by Gasteiger charge is -2.20. The van der Waals surface area contributed by atoms with E-state index < -0.39 is 0 Å². The van der Waals surface area contributed by atoms with E-state index in [1.807, 2.05) is 25.1 Å². The van der Waals surface area contributed by atoms with Gasteiger partial charge in [0.05, 0.1) is 17.1 Å². The first-order chi connectivity index (χ1) is 16.9. The minimum Gasteiger partial charge on any atom is -0.396 e. The molecular weight excluding hydrogens is 528 g/mol. The number of nitrogens with zero attached hydrogens (tertiary/aromatic N) is 7. The molecule has 0 saturated heterocycles. The Balaban J connectivity index is 1.51. The van der Waals surface area contributed by atoms with Gasteiger partial charge in [-0.3, -0.25) is 0 Å². The number of hydrogen-bond acceptors (Lipinski definition) is 9. The topological polar surface area (TPSA) is 125 Å². The Morgan fingerprint density at radius 3 is 2.94 bits per heavy atom. The summed E-state index contributed by atoms with van der Waals surface area (Å²) >= 11 is 5.08. The number of aliphatic hydroxyl groups excluding tert-OH is 1. The summed E-state index contributed by atoms with van der Waals surface area (Å²) in [7, 11) is 0. The lowest BCUT2D eigenvalue weighted by molar-refractivity contribution is 0.148. The van der Waals surface area contributed by atoms with Crippen molar-refractivity contribution >= 4 is 44.2 Å². The summed E-state index contributed by atoms with van der Waals surface area (Å²) in [5, 5.41) is 38.0. The number of nitriles is 1. The van der Waals surface area contributed by atoms with Crippen molar-refractivity contribution in [1.82, 2.24) is 29.9 Å². The summed E-state index contributed by atoms with van der Waals surface area (Å²) in [5.74, 6) is 0.545. The van der Waals surface area contributed by atoms with E-state index in [-0.39, 0.29) is 18.1 Å². The van der Waals surface area contributed by atoms with E-state index in [4.69, 9.17) is 4.98 Å². The molecule has 0 bridgehead atoms. The van der Waals surface area contributed by atoms with Gasteiger partial charge in [0.2, 0.25) is 5.95 Å². The SMILES string of the molecule is Cc1nnc(-c2ccc(-n3nc(Br)c4cnc(N[C@@H]5CC[C@@](C)(CO)C5)nc43)cc2CCC#N)s1. The predicted octanol–water partition coefficient (Wildman–Crippen LogP) is 4.82. The zero-order valence-electron chi connectivity index (χ0n) is 19.5. The lowest BCUT2D eigenvalue weighted by Crippen LogP contribution is -2.22. The normalized spacial score (nSPS) is 19.8. The molecule has 1 aromatic carbocycles. The molecule has 3 heterocycles. The van der Waals surface area contributed by atoms with Crippen molar-refractivity contribution in [2.45, 2.75) is 52.0 Å². The Hall–Kier alpha value is -2.94. The second-order valence-electron chi connectivity index (χ2n) is 9.31. The van der Waals surface area contributed by atoms with Gasteiger partial charge in [0, 0.05) is 30.8 Å². The van der Waals surface area contributed by atoms with E-state index >= 15 is 0 Å². The van der Waals surface area contributed by atoms with E-state index in [9.17, 15) is 10.4 Å². The van der Waals surface area contributed by atoms with Crippen LogP contribution in [0.4, 0.5) is 5.95 Å². The van der Waals surface area contributed by atoms with Gasteiger partial charge in [-0.05, 0) is 77.7 Å². The van der Waals surface area contributed by atoms with Crippen LogP contribution in [0, 0.1) is 23.7 Å². The van der Waals surface area contributed by atoms with Crippen molar-refractivity contribution in [1.29, 1.82) is 5.26 Å². The van der Waals surface area contributed by atoms with E-state index in [0.717, 1.165) is 51.5 Å². The number of anilines is 1. The summed E-state index contributed by atoms with van der Waals surface area (Å²) in [5.41, 5.74) is 3.47. The molecule has 9 nitrogen and oxygen atoms in total. The summed E-state index contributed by atoms with van der Waals surface area (Å²) in [6.45, 7) is 4.23. The first kappa shape index (κ1) is 23.8. The van der Waals surface area contributed by atoms with Gasteiger partial charge in [-0.1, -0.05) is 18.3 Å². The van der Waals surface area contributed by atoms with Crippen LogP contribution in [0.3, 0.4) is 0 Å². The third-order valence-corrected chi connectivity index (χ3v) is 7.98. The molecule has 0 unspecified atom stereocenters. The molecule has 1 aliphatic rings. The first-order valence-corrected chi connectivity index (χ1v) is 13.1. The Kier molecular flexibility index (Phi) is 6.53. The van der Waals surface area contributed by atoms with Crippen LogP contribution in [0.1, 0.15) is 43.2 Å². The fourth-order valence-electron chi connectivity index (χ4n) is 4.61. The third-order valence-electron chi connectivity index (χ3n) is 6.53. The standard InChI is InChI=1S/C24H25BrN8OS/c1-14-30-31-22(35-14)18-6-5-17(10-15(18)4-3-9-26)33-21-19(20(25)32-33)12-27-23(29-21)28-16-7-8-24(2,11-16)13-34/h5-6,10,12,16,34H,3-4,7-8,11,13H2,1-2H3,(H,27,28,29)/t16-,24-/m1/s1. The summed E-state index contributed by atoms with van der Waals surface area (Å²) in [6, 6.07) is 8.50. The highest BCUT2D eigenvalue weighted by molar-refractivity contribution is 9.10. The van der Waals surface area contributed by atoms with Gasteiger partial charge >= 0.3 is 0 Å². The molecule has 11 heteroatoms. The maximum Gasteiger partial charge on any atom is 0.224 e.